The predicted molar refractivity (Wildman–Crippen MR) is 110 cm³/mol. The van der Waals surface area contributed by atoms with E-state index in [0.717, 1.165) is 22.9 Å². The first-order valence-corrected chi connectivity index (χ1v) is 11.1. The fourth-order valence-corrected chi connectivity index (χ4v) is 4.75. The zero-order valence-corrected chi connectivity index (χ0v) is 17.7. The molecule has 0 heterocycles. The third-order valence-electron chi connectivity index (χ3n) is 3.99. The molecule has 0 aromatic heterocycles. The van der Waals surface area contributed by atoms with E-state index in [9.17, 15) is 9.59 Å². The Balaban J connectivity index is 2.46. The van der Waals surface area contributed by atoms with Gasteiger partial charge in [-0.05, 0) is 0 Å². The van der Waals surface area contributed by atoms with Gasteiger partial charge in [-0.3, -0.25) is 0 Å². The number of ether oxygens (including phenoxy) is 1. The Morgan fingerprint density at radius 1 is 0.926 bits per heavy atom. The summed E-state index contributed by atoms with van der Waals surface area (Å²) < 4.78 is 7.04. The Hall–Kier alpha value is -2.16. The maximum absolute atomic E-state index is 13.0. The van der Waals surface area contributed by atoms with Gasteiger partial charge in [0.1, 0.15) is 0 Å². The summed E-state index contributed by atoms with van der Waals surface area (Å²) in [5.41, 5.74) is 1.51. The van der Waals surface area contributed by atoms with E-state index >= 15 is 0 Å². The second kappa shape index (κ2) is 11.5. The molecule has 0 amide bonds. The Bertz CT molecular complexity index is 767. The summed E-state index contributed by atoms with van der Waals surface area (Å²) in [5, 5.41) is 0. The van der Waals surface area contributed by atoms with Crippen LogP contribution in [0.15, 0.2) is 70.7 Å². The molecular weight excluding hydrogens is 403 g/mol. The van der Waals surface area contributed by atoms with Gasteiger partial charge < -0.3 is 0 Å². The Morgan fingerprint density at radius 3 is 2.15 bits per heavy atom. The SMILES string of the molecule is CCCCC(=O)/C([Se]c1ccccc1)=C(/Cc1ccccc1)C(=O)OCC. The number of carbonyl (C=O) groups excluding carboxylic acids is 2. The summed E-state index contributed by atoms with van der Waals surface area (Å²) in [6.45, 7) is 4.15. The Labute approximate surface area is 168 Å². The van der Waals surface area contributed by atoms with E-state index in [-0.39, 0.29) is 26.7 Å². The molecule has 27 heavy (non-hydrogen) atoms. The van der Waals surface area contributed by atoms with Crippen molar-refractivity contribution < 1.29 is 14.3 Å². The second-order valence-corrected chi connectivity index (χ2v) is 8.41. The molecule has 0 aliphatic heterocycles. The Morgan fingerprint density at radius 2 is 1.56 bits per heavy atom. The van der Waals surface area contributed by atoms with Crippen molar-refractivity contribution in [3.8, 4) is 0 Å². The Kier molecular flexibility index (Phi) is 9.03. The van der Waals surface area contributed by atoms with Gasteiger partial charge in [-0.15, -0.1) is 0 Å². The summed E-state index contributed by atoms with van der Waals surface area (Å²) >= 11 is -0.233. The number of unbranched alkanes of at least 4 members (excludes halogenated alkanes) is 1. The van der Waals surface area contributed by atoms with Crippen molar-refractivity contribution in [1.82, 2.24) is 0 Å². The van der Waals surface area contributed by atoms with Gasteiger partial charge in [0.2, 0.25) is 0 Å². The summed E-state index contributed by atoms with van der Waals surface area (Å²) in [4.78, 5) is 25.7. The van der Waals surface area contributed by atoms with Crippen LogP contribution in [0.2, 0.25) is 0 Å². The van der Waals surface area contributed by atoms with Gasteiger partial charge in [0, 0.05) is 0 Å². The van der Waals surface area contributed by atoms with Crippen molar-refractivity contribution in [2.24, 2.45) is 0 Å². The molecule has 0 fully saturated rings. The van der Waals surface area contributed by atoms with E-state index in [1.807, 2.05) is 60.7 Å². The molecule has 0 aliphatic carbocycles. The summed E-state index contributed by atoms with van der Waals surface area (Å²) in [6, 6.07) is 19.7. The van der Waals surface area contributed by atoms with Crippen molar-refractivity contribution in [3.05, 3.63) is 76.3 Å². The first-order valence-electron chi connectivity index (χ1n) is 9.36. The number of esters is 1. The fraction of sp³-hybridized carbons (Fsp3) is 0.304. The average molecular weight is 429 g/mol. The molecule has 2 aromatic rings. The van der Waals surface area contributed by atoms with Gasteiger partial charge in [0.15, 0.2) is 0 Å². The number of hydrogen-bond acceptors (Lipinski definition) is 3. The van der Waals surface area contributed by atoms with Gasteiger partial charge in [0.05, 0.1) is 0 Å². The molecule has 0 radical (unpaired) electrons. The molecule has 0 atom stereocenters. The van der Waals surface area contributed by atoms with Crippen molar-refractivity contribution in [3.63, 3.8) is 0 Å². The normalized spacial score (nSPS) is 11.6. The van der Waals surface area contributed by atoms with Crippen LogP contribution in [0.5, 0.6) is 0 Å². The molecule has 0 spiro atoms. The molecule has 2 rings (SSSR count). The monoisotopic (exact) mass is 430 g/mol. The van der Waals surface area contributed by atoms with Gasteiger partial charge >= 0.3 is 168 Å². The minimum atomic E-state index is -0.376. The third kappa shape index (κ3) is 6.82. The summed E-state index contributed by atoms with van der Waals surface area (Å²) in [7, 11) is 0. The fourth-order valence-electron chi connectivity index (χ4n) is 2.61. The molecule has 2 aromatic carbocycles. The van der Waals surface area contributed by atoms with Gasteiger partial charge in [-0.1, -0.05) is 0 Å². The topological polar surface area (TPSA) is 43.4 Å². The number of carbonyl (C=O) groups is 2. The second-order valence-electron chi connectivity index (χ2n) is 6.13. The van der Waals surface area contributed by atoms with Crippen molar-refractivity contribution in [1.29, 1.82) is 0 Å². The van der Waals surface area contributed by atoms with Crippen LogP contribution in [-0.2, 0) is 20.7 Å². The first-order chi connectivity index (χ1) is 13.2. The number of allylic oxidation sites excluding steroid dienone is 1. The number of rotatable bonds is 10. The van der Waals surface area contributed by atoms with Crippen LogP contribution in [-0.4, -0.2) is 33.3 Å². The molecule has 0 saturated heterocycles. The molecule has 142 valence electrons. The molecule has 0 unspecified atom stereocenters. The molecule has 0 bridgehead atoms. The van der Waals surface area contributed by atoms with E-state index in [1.165, 1.54) is 0 Å². The molecule has 0 saturated carbocycles. The van der Waals surface area contributed by atoms with E-state index in [1.54, 1.807) is 6.92 Å². The van der Waals surface area contributed by atoms with Crippen LogP contribution in [0.25, 0.3) is 0 Å². The molecular formula is C23H26O3Se. The van der Waals surface area contributed by atoms with Crippen LogP contribution in [0, 0.1) is 0 Å². The number of Topliss-reactive ketones (excluding diaryl/α,β-unsaturated/α-hetero) is 1. The zero-order valence-electron chi connectivity index (χ0n) is 15.9. The number of hydrogen-bond donors (Lipinski definition) is 0. The minimum absolute atomic E-state index is 0.0692. The summed E-state index contributed by atoms with van der Waals surface area (Å²) in [6.07, 6.45) is 2.67. The maximum atomic E-state index is 13.0. The van der Waals surface area contributed by atoms with Crippen LogP contribution in [0.4, 0.5) is 0 Å². The van der Waals surface area contributed by atoms with Gasteiger partial charge in [0.25, 0.3) is 0 Å². The molecule has 0 N–H and O–H groups in total. The third-order valence-corrected chi connectivity index (χ3v) is 6.48. The van der Waals surface area contributed by atoms with Crippen LogP contribution in [0.3, 0.4) is 0 Å². The van der Waals surface area contributed by atoms with Gasteiger partial charge in [-0.2, -0.15) is 0 Å². The zero-order chi connectivity index (χ0) is 19.5. The first kappa shape index (κ1) is 21.1. The average Bonchev–Trinajstić information content (AvgIpc) is 2.70. The van der Waals surface area contributed by atoms with E-state index in [4.69, 9.17) is 4.74 Å². The van der Waals surface area contributed by atoms with E-state index < -0.39 is 0 Å². The van der Waals surface area contributed by atoms with Crippen molar-refractivity contribution in [2.45, 2.75) is 39.5 Å². The predicted octanol–water partition coefficient (Wildman–Crippen LogP) is 3.84. The number of ketones is 1. The quantitative estimate of drug-likeness (QED) is 0.328. The van der Waals surface area contributed by atoms with E-state index in [0.29, 0.717) is 29.5 Å². The molecule has 0 aliphatic rings. The van der Waals surface area contributed by atoms with Crippen LogP contribution >= 0.6 is 0 Å². The number of benzene rings is 2. The molecule has 3 nitrogen and oxygen atoms in total. The van der Waals surface area contributed by atoms with E-state index in [2.05, 4.69) is 6.92 Å². The van der Waals surface area contributed by atoms with Crippen LogP contribution < -0.4 is 4.46 Å². The summed E-state index contributed by atoms with van der Waals surface area (Å²) in [5.74, 6) is -0.307. The van der Waals surface area contributed by atoms with Crippen LogP contribution in [0.1, 0.15) is 38.7 Å². The standard InChI is InChI=1S/C23H26O3Se/c1-3-5-16-21(24)22(27-19-14-10-7-11-15-19)20(23(25)26-4-2)17-18-12-8-6-9-13-18/h6-15H,3-5,16-17H2,1-2H3/b22-20+. The van der Waals surface area contributed by atoms with Crippen molar-refractivity contribution in [2.75, 3.05) is 6.61 Å². The van der Waals surface area contributed by atoms with Crippen molar-refractivity contribution >= 4 is 31.2 Å². The molecule has 4 heteroatoms. The van der Waals surface area contributed by atoms with Gasteiger partial charge in [-0.25, -0.2) is 0 Å².